The molecule has 1 aromatic carbocycles. The zero-order valence-electron chi connectivity index (χ0n) is 13.1. The number of fused-ring (bicyclic) bond motifs is 1. The molecule has 0 aliphatic heterocycles. The number of carbonyl (C=O) groups excluding carboxylic acids is 1. The standard InChI is InChI=1S/C16H23N3O2/c1-11(2)9-15(20)17-8-7-12-5-6-13-14(10-12)19(4)16(21)18(13)3/h5-6,10-11H,7-9H2,1-4H3,(H,17,20). The van der Waals surface area contributed by atoms with Crippen molar-refractivity contribution < 1.29 is 4.79 Å². The number of amides is 1. The first-order valence-electron chi connectivity index (χ1n) is 7.31. The SMILES string of the molecule is CC(C)CC(=O)NCCc1ccc2c(c1)n(C)c(=O)n2C. The fourth-order valence-corrected chi connectivity index (χ4v) is 2.50. The molecule has 1 amide bonds. The molecule has 1 N–H and O–H groups in total. The Morgan fingerprint density at radius 3 is 2.52 bits per heavy atom. The van der Waals surface area contributed by atoms with E-state index < -0.39 is 0 Å². The molecule has 5 nitrogen and oxygen atoms in total. The third-order valence-electron chi connectivity index (χ3n) is 3.67. The van der Waals surface area contributed by atoms with Gasteiger partial charge in [-0.05, 0) is 30.0 Å². The minimum absolute atomic E-state index is 0.0209. The van der Waals surface area contributed by atoms with Crippen molar-refractivity contribution in [3.8, 4) is 0 Å². The highest BCUT2D eigenvalue weighted by Crippen LogP contribution is 2.14. The number of rotatable bonds is 5. The highest BCUT2D eigenvalue weighted by Gasteiger charge is 2.08. The van der Waals surface area contributed by atoms with E-state index in [1.54, 1.807) is 23.2 Å². The normalized spacial score (nSPS) is 11.3. The molecule has 0 saturated carbocycles. The monoisotopic (exact) mass is 289 g/mol. The molecule has 2 aromatic rings. The van der Waals surface area contributed by atoms with Crippen molar-refractivity contribution in [2.75, 3.05) is 6.54 Å². The molecule has 114 valence electrons. The van der Waals surface area contributed by atoms with E-state index in [2.05, 4.69) is 5.32 Å². The highest BCUT2D eigenvalue weighted by atomic mass is 16.2. The number of imidazole rings is 1. The van der Waals surface area contributed by atoms with Gasteiger partial charge in [0.25, 0.3) is 0 Å². The molecule has 0 bridgehead atoms. The van der Waals surface area contributed by atoms with Gasteiger partial charge in [-0.15, -0.1) is 0 Å². The molecule has 1 aromatic heterocycles. The summed E-state index contributed by atoms with van der Waals surface area (Å²) in [5, 5.41) is 2.93. The van der Waals surface area contributed by atoms with Crippen LogP contribution in [0.4, 0.5) is 0 Å². The van der Waals surface area contributed by atoms with Crippen molar-refractivity contribution >= 4 is 16.9 Å². The summed E-state index contributed by atoms with van der Waals surface area (Å²) in [7, 11) is 3.55. The van der Waals surface area contributed by atoms with Crippen LogP contribution in [0.1, 0.15) is 25.8 Å². The zero-order chi connectivity index (χ0) is 15.6. The van der Waals surface area contributed by atoms with E-state index >= 15 is 0 Å². The lowest BCUT2D eigenvalue weighted by atomic mass is 10.1. The zero-order valence-corrected chi connectivity index (χ0v) is 13.1. The van der Waals surface area contributed by atoms with Gasteiger partial charge in [-0.25, -0.2) is 4.79 Å². The molecule has 0 spiro atoms. The van der Waals surface area contributed by atoms with Crippen molar-refractivity contribution in [2.45, 2.75) is 26.7 Å². The first kappa shape index (κ1) is 15.4. The van der Waals surface area contributed by atoms with E-state index in [-0.39, 0.29) is 11.6 Å². The Morgan fingerprint density at radius 1 is 1.19 bits per heavy atom. The topological polar surface area (TPSA) is 56.0 Å². The molecule has 0 saturated heterocycles. The summed E-state index contributed by atoms with van der Waals surface area (Å²) >= 11 is 0. The largest absolute Gasteiger partial charge is 0.356 e. The number of hydrogen-bond acceptors (Lipinski definition) is 2. The number of nitrogens with zero attached hydrogens (tertiary/aromatic N) is 2. The first-order chi connectivity index (χ1) is 9.90. The predicted molar refractivity (Wildman–Crippen MR) is 84.3 cm³/mol. The Kier molecular flexibility index (Phi) is 4.50. The number of hydrogen-bond donors (Lipinski definition) is 1. The average Bonchev–Trinajstić information content (AvgIpc) is 2.63. The van der Waals surface area contributed by atoms with E-state index in [1.807, 2.05) is 32.0 Å². The highest BCUT2D eigenvalue weighted by molar-refractivity contribution is 5.77. The fourth-order valence-electron chi connectivity index (χ4n) is 2.50. The maximum absolute atomic E-state index is 11.9. The molecule has 0 unspecified atom stereocenters. The van der Waals surface area contributed by atoms with Gasteiger partial charge in [-0.1, -0.05) is 19.9 Å². The van der Waals surface area contributed by atoms with Gasteiger partial charge in [0.15, 0.2) is 0 Å². The number of aryl methyl sites for hydroxylation is 2. The van der Waals surface area contributed by atoms with Crippen LogP contribution in [0.3, 0.4) is 0 Å². The van der Waals surface area contributed by atoms with Crippen LogP contribution in [0, 0.1) is 5.92 Å². The maximum Gasteiger partial charge on any atom is 0.328 e. The fraction of sp³-hybridized carbons (Fsp3) is 0.500. The Balaban J connectivity index is 2.05. The van der Waals surface area contributed by atoms with Crippen LogP contribution in [0.5, 0.6) is 0 Å². The minimum Gasteiger partial charge on any atom is -0.356 e. The second kappa shape index (κ2) is 6.16. The quantitative estimate of drug-likeness (QED) is 0.908. The van der Waals surface area contributed by atoms with Crippen LogP contribution >= 0.6 is 0 Å². The smallest absolute Gasteiger partial charge is 0.328 e. The molecule has 5 heteroatoms. The van der Waals surface area contributed by atoms with Gasteiger partial charge < -0.3 is 5.32 Å². The summed E-state index contributed by atoms with van der Waals surface area (Å²) in [6, 6.07) is 5.99. The maximum atomic E-state index is 11.9. The van der Waals surface area contributed by atoms with Gasteiger partial charge in [0.1, 0.15) is 0 Å². The summed E-state index contributed by atoms with van der Waals surface area (Å²) < 4.78 is 3.29. The van der Waals surface area contributed by atoms with Gasteiger partial charge in [0.2, 0.25) is 5.91 Å². The van der Waals surface area contributed by atoms with Crippen molar-refractivity contribution in [1.29, 1.82) is 0 Å². The van der Waals surface area contributed by atoms with Crippen molar-refractivity contribution in [3.05, 3.63) is 34.2 Å². The molecular formula is C16H23N3O2. The van der Waals surface area contributed by atoms with Gasteiger partial charge in [0.05, 0.1) is 11.0 Å². The lowest BCUT2D eigenvalue weighted by molar-refractivity contribution is -0.121. The number of benzene rings is 1. The molecular weight excluding hydrogens is 266 g/mol. The molecule has 1 heterocycles. The Morgan fingerprint density at radius 2 is 1.86 bits per heavy atom. The van der Waals surface area contributed by atoms with Gasteiger partial charge in [-0.2, -0.15) is 0 Å². The molecule has 0 aliphatic rings. The first-order valence-corrected chi connectivity index (χ1v) is 7.31. The van der Waals surface area contributed by atoms with Crippen molar-refractivity contribution in [2.24, 2.45) is 20.0 Å². The van der Waals surface area contributed by atoms with E-state index in [1.165, 1.54) is 0 Å². The van der Waals surface area contributed by atoms with Crippen LogP contribution in [-0.4, -0.2) is 21.6 Å². The summed E-state index contributed by atoms with van der Waals surface area (Å²) in [4.78, 5) is 23.5. The summed E-state index contributed by atoms with van der Waals surface area (Å²) in [5.74, 6) is 0.471. The summed E-state index contributed by atoms with van der Waals surface area (Å²) in [6.07, 6.45) is 1.33. The molecule has 21 heavy (non-hydrogen) atoms. The van der Waals surface area contributed by atoms with E-state index in [4.69, 9.17) is 0 Å². The number of aromatic nitrogens is 2. The second-order valence-corrected chi connectivity index (χ2v) is 5.92. The molecule has 0 atom stereocenters. The lowest BCUT2D eigenvalue weighted by Gasteiger charge is -2.07. The average molecular weight is 289 g/mol. The van der Waals surface area contributed by atoms with Crippen LogP contribution < -0.4 is 11.0 Å². The van der Waals surface area contributed by atoms with Crippen LogP contribution in [0.2, 0.25) is 0 Å². The minimum atomic E-state index is -0.0209. The Labute approximate surface area is 124 Å². The van der Waals surface area contributed by atoms with Crippen LogP contribution in [-0.2, 0) is 25.3 Å². The van der Waals surface area contributed by atoms with E-state index in [0.717, 1.165) is 23.0 Å². The molecule has 2 rings (SSSR count). The Bertz CT molecular complexity index is 710. The Hall–Kier alpha value is -2.04. The van der Waals surface area contributed by atoms with Gasteiger partial charge in [-0.3, -0.25) is 13.9 Å². The van der Waals surface area contributed by atoms with Crippen LogP contribution in [0.15, 0.2) is 23.0 Å². The van der Waals surface area contributed by atoms with Gasteiger partial charge in [0, 0.05) is 27.1 Å². The third kappa shape index (κ3) is 3.35. The molecule has 0 radical (unpaired) electrons. The van der Waals surface area contributed by atoms with E-state index in [9.17, 15) is 9.59 Å². The van der Waals surface area contributed by atoms with E-state index in [0.29, 0.717) is 18.9 Å². The molecule has 0 aliphatic carbocycles. The molecule has 0 fully saturated rings. The summed E-state index contributed by atoms with van der Waals surface area (Å²) in [6.45, 7) is 4.69. The van der Waals surface area contributed by atoms with Crippen molar-refractivity contribution in [1.82, 2.24) is 14.5 Å². The van der Waals surface area contributed by atoms with Crippen LogP contribution in [0.25, 0.3) is 11.0 Å². The number of carbonyl (C=O) groups is 1. The second-order valence-electron chi connectivity index (χ2n) is 5.92. The summed E-state index contributed by atoms with van der Waals surface area (Å²) in [5.41, 5.74) is 2.95. The number of nitrogens with one attached hydrogen (secondary N) is 1. The van der Waals surface area contributed by atoms with Crippen molar-refractivity contribution in [3.63, 3.8) is 0 Å². The lowest BCUT2D eigenvalue weighted by Crippen LogP contribution is -2.26. The van der Waals surface area contributed by atoms with Gasteiger partial charge >= 0.3 is 5.69 Å². The predicted octanol–water partition coefficient (Wildman–Crippen LogP) is 1.58. The third-order valence-corrected chi connectivity index (χ3v) is 3.67.